The Kier molecular flexibility index (Phi) is 3.30. The van der Waals surface area contributed by atoms with Crippen LogP contribution in [-0.2, 0) is 13.5 Å². The lowest BCUT2D eigenvalue weighted by Crippen LogP contribution is -2.32. The van der Waals surface area contributed by atoms with Gasteiger partial charge in [-0.2, -0.15) is 5.10 Å². The van der Waals surface area contributed by atoms with Gasteiger partial charge in [0.2, 0.25) is 0 Å². The van der Waals surface area contributed by atoms with Crippen molar-refractivity contribution in [2.75, 3.05) is 13.1 Å². The van der Waals surface area contributed by atoms with Crippen molar-refractivity contribution in [3.63, 3.8) is 0 Å². The molecular weight excluding hydrogens is 200 g/mol. The van der Waals surface area contributed by atoms with Gasteiger partial charge >= 0.3 is 0 Å². The van der Waals surface area contributed by atoms with E-state index in [1.165, 1.54) is 11.3 Å². The van der Waals surface area contributed by atoms with Crippen molar-refractivity contribution in [1.82, 2.24) is 14.7 Å². The van der Waals surface area contributed by atoms with Crippen LogP contribution >= 0.6 is 0 Å². The van der Waals surface area contributed by atoms with Crippen LogP contribution in [0, 0.1) is 0 Å². The zero-order chi connectivity index (χ0) is 11.7. The quantitative estimate of drug-likeness (QED) is 0.832. The molecule has 1 aliphatic rings. The van der Waals surface area contributed by atoms with E-state index < -0.39 is 0 Å². The number of hydrogen-bond donors (Lipinski definition) is 1. The highest BCUT2D eigenvalue weighted by Crippen LogP contribution is 2.32. The van der Waals surface area contributed by atoms with Gasteiger partial charge in [0.1, 0.15) is 0 Å². The molecule has 0 aliphatic carbocycles. The number of aromatic nitrogens is 2. The Morgan fingerprint density at radius 3 is 2.88 bits per heavy atom. The number of likely N-dealkylation sites (N-methyl/N-ethyl adjacent to an activating group) is 1. The van der Waals surface area contributed by atoms with E-state index in [0.717, 1.165) is 25.9 Å². The van der Waals surface area contributed by atoms with Crippen LogP contribution in [0.4, 0.5) is 0 Å². The lowest BCUT2D eigenvalue weighted by Gasteiger charge is -2.25. The molecule has 4 heteroatoms. The Morgan fingerprint density at radius 2 is 2.25 bits per heavy atom. The van der Waals surface area contributed by atoms with Crippen LogP contribution in [-0.4, -0.2) is 33.8 Å². The summed E-state index contributed by atoms with van der Waals surface area (Å²) in [4.78, 5) is 2.46. The second kappa shape index (κ2) is 4.55. The van der Waals surface area contributed by atoms with Crippen molar-refractivity contribution in [2.45, 2.75) is 38.8 Å². The highest BCUT2D eigenvalue weighted by Gasteiger charge is 2.34. The molecule has 0 bridgehead atoms. The average molecular weight is 222 g/mol. The maximum Gasteiger partial charge on any atom is 0.0670 e. The Labute approximate surface area is 97.4 Å². The van der Waals surface area contributed by atoms with Crippen molar-refractivity contribution in [3.05, 3.63) is 17.5 Å². The molecule has 90 valence electrons. The highest BCUT2D eigenvalue weighted by atomic mass is 15.3. The summed E-state index contributed by atoms with van der Waals surface area (Å²) in [5.41, 5.74) is 8.76. The van der Waals surface area contributed by atoms with Gasteiger partial charge in [-0.3, -0.25) is 9.58 Å². The first-order valence-corrected chi connectivity index (χ1v) is 6.19. The van der Waals surface area contributed by atoms with Gasteiger partial charge in [0.05, 0.1) is 11.7 Å². The molecule has 0 aromatic carbocycles. The smallest absolute Gasteiger partial charge is 0.0670 e. The minimum Gasteiger partial charge on any atom is -0.326 e. The van der Waals surface area contributed by atoms with E-state index in [1.807, 2.05) is 11.7 Å². The minimum atomic E-state index is 0.259. The zero-order valence-corrected chi connectivity index (χ0v) is 10.5. The number of rotatable bonds is 3. The molecular formula is C12H22N4. The van der Waals surface area contributed by atoms with E-state index in [9.17, 15) is 0 Å². The van der Waals surface area contributed by atoms with Gasteiger partial charge in [0.25, 0.3) is 0 Å². The fourth-order valence-electron chi connectivity index (χ4n) is 2.74. The summed E-state index contributed by atoms with van der Waals surface area (Å²) in [6.45, 7) is 6.53. The summed E-state index contributed by atoms with van der Waals surface area (Å²) >= 11 is 0. The monoisotopic (exact) mass is 222 g/mol. The maximum atomic E-state index is 6.23. The van der Waals surface area contributed by atoms with Crippen molar-refractivity contribution in [1.29, 1.82) is 0 Å². The second-order valence-corrected chi connectivity index (χ2v) is 4.58. The van der Waals surface area contributed by atoms with Gasteiger partial charge in [0.15, 0.2) is 0 Å². The van der Waals surface area contributed by atoms with Gasteiger partial charge in [-0.1, -0.05) is 13.8 Å². The van der Waals surface area contributed by atoms with Crippen molar-refractivity contribution in [2.24, 2.45) is 12.8 Å². The van der Waals surface area contributed by atoms with Gasteiger partial charge in [-0.25, -0.2) is 0 Å². The average Bonchev–Trinajstić information content (AvgIpc) is 2.80. The predicted molar refractivity (Wildman–Crippen MR) is 65.2 cm³/mol. The van der Waals surface area contributed by atoms with Crippen molar-refractivity contribution in [3.8, 4) is 0 Å². The molecule has 1 aromatic heterocycles. The molecule has 1 aromatic rings. The molecule has 0 amide bonds. The van der Waals surface area contributed by atoms with E-state index in [-0.39, 0.29) is 6.04 Å². The zero-order valence-electron chi connectivity index (χ0n) is 10.5. The molecule has 2 rings (SSSR count). The van der Waals surface area contributed by atoms with Crippen LogP contribution in [0.3, 0.4) is 0 Å². The minimum absolute atomic E-state index is 0.259. The third-order valence-corrected chi connectivity index (χ3v) is 3.55. The first-order valence-electron chi connectivity index (χ1n) is 6.19. The molecule has 1 saturated heterocycles. The van der Waals surface area contributed by atoms with Crippen LogP contribution in [0.2, 0.25) is 0 Å². The maximum absolute atomic E-state index is 6.23. The molecule has 16 heavy (non-hydrogen) atoms. The Hall–Kier alpha value is -0.870. The summed E-state index contributed by atoms with van der Waals surface area (Å²) in [5.74, 6) is 0. The lowest BCUT2D eigenvalue weighted by molar-refractivity contribution is 0.260. The van der Waals surface area contributed by atoms with E-state index in [1.54, 1.807) is 0 Å². The Balaban J connectivity index is 2.33. The third-order valence-electron chi connectivity index (χ3n) is 3.55. The molecule has 2 atom stereocenters. The summed E-state index contributed by atoms with van der Waals surface area (Å²) in [5, 5.41) is 4.51. The molecule has 4 nitrogen and oxygen atoms in total. The molecule has 0 saturated carbocycles. The predicted octanol–water partition coefficient (Wildman–Crippen LogP) is 1.08. The lowest BCUT2D eigenvalue weighted by atomic mass is 10.0. The Morgan fingerprint density at radius 1 is 1.50 bits per heavy atom. The highest BCUT2D eigenvalue weighted by molar-refractivity contribution is 5.24. The van der Waals surface area contributed by atoms with Crippen LogP contribution in [0.1, 0.15) is 37.6 Å². The summed E-state index contributed by atoms with van der Waals surface area (Å²) in [7, 11) is 1.99. The van der Waals surface area contributed by atoms with Crippen LogP contribution < -0.4 is 5.73 Å². The van der Waals surface area contributed by atoms with Crippen LogP contribution in [0.15, 0.2) is 6.20 Å². The van der Waals surface area contributed by atoms with Gasteiger partial charge < -0.3 is 5.73 Å². The standard InChI is InChI=1S/C12H22N4/c1-4-11-9(8-15(3)14-11)12-10(13)6-7-16(12)5-2/h8,10,12H,4-7,13H2,1-3H3. The van der Waals surface area contributed by atoms with Crippen LogP contribution in [0.5, 0.6) is 0 Å². The molecule has 0 spiro atoms. The van der Waals surface area contributed by atoms with E-state index in [4.69, 9.17) is 5.73 Å². The fraction of sp³-hybridized carbons (Fsp3) is 0.750. The van der Waals surface area contributed by atoms with Gasteiger partial charge in [0, 0.05) is 31.4 Å². The Bertz CT molecular complexity index is 358. The largest absolute Gasteiger partial charge is 0.326 e. The van der Waals surface area contributed by atoms with Crippen LogP contribution in [0.25, 0.3) is 0 Å². The normalized spacial score (nSPS) is 26.5. The van der Waals surface area contributed by atoms with E-state index in [2.05, 4.69) is 30.0 Å². The SMILES string of the molecule is CCc1nn(C)cc1C1C(N)CCN1CC. The number of aryl methyl sites for hydroxylation is 2. The summed E-state index contributed by atoms with van der Waals surface area (Å²) in [6.07, 6.45) is 4.21. The third kappa shape index (κ3) is 1.87. The number of nitrogens with zero attached hydrogens (tertiary/aromatic N) is 3. The molecule has 1 aliphatic heterocycles. The second-order valence-electron chi connectivity index (χ2n) is 4.58. The van der Waals surface area contributed by atoms with Crippen molar-refractivity contribution >= 4 is 0 Å². The first kappa shape index (κ1) is 11.6. The molecule has 1 fully saturated rings. The fourth-order valence-corrected chi connectivity index (χ4v) is 2.74. The number of nitrogens with two attached hydrogens (primary N) is 1. The van der Waals surface area contributed by atoms with Gasteiger partial charge in [-0.15, -0.1) is 0 Å². The van der Waals surface area contributed by atoms with E-state index >= 15 is 0 Å². The summed E-state index contributed by atoms with van der Waals surface area (Å²) in [6, 6.07) is 0.628. The van der Waals surface area contributed by atoms with Crippen molar-refractivity contribution < 1.29 is 0 Å². The molecule has 2 heterocycles. The number of hydrogen-bond acceptors (Lipinski definition) is 3. The molecule has 2 unspecified atom stereocenters. The topological polar surface area (TPSA) is 47.1 Å². The number of likely N-dealkylation sites (tertiary alicyclic amines) is 1. The molecule has 0 radical (unpaired) electrons. The molecule has 2 N–H and O–H groups in total. The van der Waals surface area contributed by atoms with E-state index in [0.29, 0.717) is 6.04 Å². The summed E-state index contributed by atoms with van der Waals surface area (Å²) < 4.78 is 1.91. The first-order chi connectivity index (χ1) is 7.67. The van der Waals surface area contributed by atoms with Gasteiger partial charge in [-0.05, 0) is 19.4 Å².